The van der Waals surface area contributed by atoms with Crippen LogP contribution in [0, 0.1) is 0 Å². The van der Waals surface area contributed by atoms with Crippen LogP contribution in [0.1, 0.15) is 19.4 Å². The lowest BCUT2D eigenvalue weighted by Gasteiger charge is -2.11. The van der Waals surface area contributed by atoms with Crippen molar-refractivity contribution in [1.29, 1.82) is 0 Å². The summed E-state index contributed by atoms with van der Waals surface area (Å²) in [5.41, 5.74) is 4.41. The van der Waals surface area contributed by atoms with E-state index in [1.54, 1.807) is 25.1 Å². The number of likely N-dealkylation sites (N-methyl/N-ethyl adjacent to an activating group) is 1. The standard InChI is InChI=1S/C19H21ClN4O3/c1-3-21-18(25)19(26)24-22-12-13-11-14(20)5-10-17(13)23-15-6-8-16(9-7-15)27-4-2/h5-12,23H,3-4H2,1-2H3,(H,21,25)(H,24,26)/b22-12-. The molecular weight excluding hydrogens is 368 g/mol. The summed E-state index contributed by atoms with van der Waals surface area (Å²) in [6.45, 7) is 4.61. The number of carbonyl (C=O) groups excluding carboxylic acids is 2. The van der Waals surface area contributed by atoms with Gasteiger partial charge in [0.05, 0.1) is 12.8 Å². The van der Waals surface area contributed by atoms with Crippen LogP contribution in [0.4, 0.5) is 11.4 Å². The maximum Gasteiger partial charge on any atom is 0.329 e. The molecule has 3 N–H and O–H groups in total. The van der Waals surface area contributed by atoms with E-state index in [1.807, 2.05) is 31.2 Å². The van der Waals surface area contributed by atoms with Crippen molar-refractivity contribution in [3.8, 4) is 5.75 Å². The van der Waals surface area contributed by atoms with E-state index in [0.717, 1.165) is 17.1 Å². The number of nitrogens with zero attached hydrogens (tertiary/aromatic N) is 1. The normalized spacial score (nSPS) is 10.5. The second kappa shape index (κ2) is 10.2. The van der Waals surface area contributed by atoms with Crippen LogP contribution in [0.3, 0.4) is 0 Å². The Hall–Kier alpha value is -3.06. The maximum atomic E-state index is 11.6. The number of benzene rings is 2. The molecule has 2 aromatic carbocycles. The number of hydrogen-bond acceptors (Lipinski definition) is 5. The predicted octanol–water partition coefficient (Wildman–Crippen LogP) is 3.07. The van der Waals surface area contributed by atoms with E-state index < -0.39 is 11.8 Å². The molecule has 2 aromatic rings. The van der Waals surface area contributed by atoms with E-state index in [4.69, 9.17) is 16.3 Å². The second-order valence-electron chi connectivity index (χ2n) is 5.37. The summed E-state index contributed by atoms with van der Waals surface area (Å²) in [5.74, 6) is -0.793. The molecule has 0 bridgehead atoms. The Morgan fingerprint density at radius 1 is 1.11 bits per heavy atom. The van der Waals surface area contributed by atoms with Crippen LogP contribution in [0.5, 0.6) is 5.75 Å². The molecule has 0 saturated heterocycles. The highest BCUT2D eigenvalue weighted by Crippen LogP contribution is 2.24. The van der Waals surface area contributed by atoms with Gasteiger partial charge in [0.1, 0.15) is 5.75 Å². The molecule has 0 radical (unpaired) electrons. The van der Waals surface area contributed by atoms with Crippen molar-refractivity contribution in [2.75, 3.05) is 18.5 Å². The first-order valence-corrected chi connectivity index (χ1v) is 8.82. The zero-order chi connectivity index (χ0) is 19.6. The number of ether oxygens (including phenoxy) is 1. The minimum atomic E-state index is -0.837. The number of nitrogens with one attached hydrogen (secondary N) is 3. The molecule has 7 nitrogen and oxygen atoms in total. The van der Waals surface area contributed by atoms with Gasteiger partial charge in [-0.05, 0) is 56.3 Å². The summed E-state index contributed by atoms with van der Waals surface area (Å²) < 4.78 is 5.42. The third-order valence-electron chi connectivity index (χ3n) is 3.37. The maximum absolute atomic E-state index is 11.6. The molecule has 0 saturated carbocycles. The van der Waals surface area contributed by atoms with Gasteiger partial charge in [0, 0.05) is 28.5 Å². The Bertz CT molecular complexity index is 822. The molecule has 2 rings (SSSR count). The number of hydrazone groups is 1. The smallest absolute Gasteiger partial charge is 0.329 e. The van der Waals surface area contributed by atoms with Crippen molar-refractivity contribution in [1.82, 2.24) is 10.7 Å². The summed E-state index contributed by atoms with van der Waals surface area (Å²) in [7, 11) is 0. The average Bonchev–Trinajstić information content (AvgIpc) is 2.65. The van der Waals surface area contributed by atoms with Gasteiger partial charge < -0.3 is 15.4 Å². The lowest BCUT2D eigenvalue weighted by molar-refractivity contribution is -0.139. The predicted molar refractivity (Wildman–Crippen MR) is 107 cm³/mol. The molecule has 2 amide bonds. The summed E-state index contributed by atoms with van der Waals surface area (Å²) in [4.78, 5) is 22.9. The van der Waals surface area contributed by atoms with Gasteiger partial charge in [-0.2, -0.15) is 5.10 Å². The van der Waals surface area contributed by atoms with Gasteiger partial charge in [-0.15, -0.1) is 0 Å². The van der Waals surface area contributed by atoms with Crippen LogP contribution in [0.25, 0.3) is 0 Å². The average molecular weight is 389 g/mol. The topological polar surface area (TPSA) is 91.8 Å². The lowest BCUT2D eigenvalue weighted by atomic mass is 10.2. The molecule has 8 heteroatoms. The molecule has 0 unspecified atom stereocenters. The third kappa shape index (κ3) is 6.31. The number of amides is 2. The summed E-state index contributed by atoms with van der Waals surface area (Å²) in [5, 5.41) is 9.98. The van der Waals surface area contributed by atoms with Crippen LogP contribution >= 0.6 is 11.6 Å². The van der Waals surface area contributed by atoms with Gasteiger partial charge in [-0.3, -0.25) is 9.59 Å². The van der Waals surface area contributed by atoms with Gasteiger partial charge in [0.15, 0.2) is 0 Å². The highest BCUT2D eigenvalue weighted by Gasteiger charge is 2.10. The number of anilines is 2. The Kier molecular flexibility index (Phi) is 7.63. The zero-order valence-electron chi connectivity index (χ0n) is 15.1. The van der Waals surface area contributed by atoms with Crippen LogP contribution in [-0.2, 0) is 9.59 Å². The van der Waals surface area contributed by atoms with E-state index in [1.165, 1.54) is 6.21 Å². The molecule has 0 aliphatic heterocycles. The van der Waals surface area contributed by atoms with E-state index >= 15 is 0 Å². The van der Waals surface area contributed by atoms with Crippen molar-refractivity contribution < 1.29 is 14.3 Å². The van der Waals surface area contributed by atoms with Crippen molar-refractivity contribution in [2.24, 2.45) is 5.10 Å². The molecule has 142 valence electrons. The highest BCUT2D eigenvalue weighted by atomic mass is 35.5. The highest BCUT2D eigenvalue weighted by molar-refractivity contribution is 6.35. The van der Waals surface area contributed by atoms with Gasteiger partial charge in [-0.25, -0.2) is 5.43 Å². The van der Waals surface area contributed by atoms with E-state index in [2.05, 4.69) is 21.2 Å². The first-order valence-electron chi connectivity index (χ1n) is 8.44. The van der Waals surface area contributed by atoms with Crippen LogP contribution < -0.4 is 20.8 Å². The molecule has 0 heterocycles. The number of halogens is 1. The fourth-order valence-electron chi connectivity index (χ4n) is 2.16. The number of carbonyl (C=O) groups is 2. The Labute approximate surface area is 162 Å². The third-order valence-corrected chi connectivity index (χ3v) is 3.61. The van der Waals surface area contributed by atoms with Gasteiger partial charge in [0.25, 0.3) is 0 Å². The minimum absolute atomic E-state index is 0.362. The van der Waals surface area contributed by atoms with E-state index in [9.17, 15) is 9.59 Å². The SMILES string of the molecule is CCNC(=O)C(=O)N/N=C\c1cc(Cl)ccc1Nc1ccc(OCC)cc1. The van der Waals surface area contributed by atoms with E-state index in [0.29, 0.717) is 23.7 Å². The molecular formula is C19H21ClN4O3. The van der Waals surface area contributed by atoms with Crippen molar-refractivity contribution in [3.05, 3.63) is 53.1 Å². The molecule has 27 heavy (non-hydrogen) atoms. The number of hydrogen-bond donors (Lipinski definition) is 3. The monoisotopic (exact) mass is 388 g/mol. The Balaban J connectivity index is 2.10. The first-order chi connectivity index (χ1) is 13.0. The summed E-state index contributed by atoms with van der Waals surface area (Å²) in [6, 6.07) is 12.7. The molecule has 0 aliphatic rings. The molecule has 0 aliphatic carbocycles. The van der Waals surface area contributed by atoms with Crippen molar-refractivity contribution in [3.63, 3.8) is 0 Å². The number of rotatable bonds is 7. The van der Waals surface area contributed by atoms with Gasteiger partial charge in [-0.1, -0.05) is 11.6 Å². The van der Waals surface area contributed by atoms with Crippen LogP contribution in [0.15, 0.2) is 47.6 Å². The fourth-order valence-corrected chi connectivity index (χ4v) is 2.34. The van der Waals surface area contributed by atoms with Crippen molar-refractivity contribution in [2.45, 2.75) is 13.8 Å². The lowest BCUT2D eigenvalue weighted by Crippen LogP contribution is -2.37. The van der Waals surface area contributed by atoms with E-state index in [-0.39, 0.29) is 0 Å². The quantitative estimate of drug-likeness (QED) is 0.386. The first kappa shape index (κ1) is 20.3. The fraction of sp³-hybridized carbons (Fsp3) is 0.211. The van der Waals surface area contributed by atoms with Gasteiger partial charge >= 0.3 is 11.8 Å². The minimum Gasteiger partial charge on any atom is -0.494 e. The molecule has 0 spiro atoms. The Morgan fingerprint density at radius 2 is 1.85 bits per heavy atom. The second-order valence-corrected chi connectivity index (χ2v) is 5.81. The van der Waals surface area contributed by atoms with Gasteiger partial charge in [0.2, 0.25) is 0 Å². The summed E-state index contributed by atoms with van der Waals surface area (Å²) >= 11 is 6.05. The van der Waals surface area contributed by atoms with Crippen LogP contribution in [-0.4, -0.2) is 31.2 Å². The summed E-state index contributed by atoms with van der Waals surface area (Å²) in [6.07, 6.45) is 1.42. The molecule has 0 atom stereocenters. The zero-order valence-corrected chi connectivity index (χ0v) is 15.8. The largest absolute Gasteiger partial charge is 0.494 e. The van der Waals surface area contributed by atoms with Crippen molar-refractivity contribution >= 4 is 41.0 Å². The molecule has 0 aromatic heterocycles. The Morgan fingerprint density at radius 3 is 2.52 bits per heavy atom. The van der Waals surface area contributed by atoms with Crippen LogP contribution in [0.2, 0.25) is 5.02 Å². The molecule has 0 fully saturated rings.